The lowest BCUT2D eigenvalue weighted by atomic mass is 9.96. The molecule has 106 valence electrons. The number of rotatable bonds is 4. The lowest BCUT2D eigenvalue weighted by molar-refractivity contribution is 0.412. The molecule has 0 heterocycles. The van der Waals surface area contributed by atoms with Gasteiger partial charge in [-0.2, -0.15) is 0 Å². The zero-order valence-corrected chi connectivity index (χ0v) is 12.2. The molecule has 0 bridgehead atoms. The first-order chi connectivity index (χ1) is 9.03. The quantitative estimate of drug-likeness (QED) is 0.888. The minimum absolute atomic E-state index is 0.0830. The Morgan fingerprint density at radius 1 is 1.26 bits per heavy atom. The van der Waals surface area contributed by atoms with Crippen LogP contribution in [0.25, 0.3) is 0 Å². The van der Waals surface area contributed by atoms with Gasteiger partial charge in [-0.15, -0.1) is 0 Å². The van der Waals surface area contributed by atoms with Crippen molar-refractivity contribution in [3.8, 4) is 0 Å². The molecular weight excluding hydrogens is 260 g/mol. The largest absolute Gasteiger partial charge is 0.326 e. The Bertz CT molecular complexity index is 534. The molecule has 1 aromatic rings. The van der Waals surface area contributed by atoms with Gasteiger partial charge in [0.25, 0.3) is 0 Å². The van der Waals surface area contributed by atoms with Crippen LogP contribution in [0.3, 0.4) is 0 Å². The van der Waals surface area contributed by atoms with Crippen LogP contribution in [-0.2, 0) is 16.6 Å². The SMILES string of the molecule is Cc1ccc(CN)cc1S(=O)(=O)NC1CCCCC1. The number of sulfonamides is 1. The number of aryl methyl sites for hydroxylation is 1. The summed E-state index contributed by atoms with van der Waals surface area (Å²) in [5.74, 6) is 0. The summed E-state index contributed by atoms with van der Waals surface area (Å²) in [7, 11) is -3.43. The highest BCUT2D eigenvalue weighted by Crippen LogP contribution is 2.22. The molecule has 1 fully saturated rings. The van der Waals surface area contributed by atoms with Crippen LogP contribution in [0.15, 0.2) is 23.1 Å². The van der Waals surface area contributed by atoms with Crippen LogP contribution in [-0.4, -0.2) is 14.5 Å². The van der Waals surface area contributed by atoms with Crippen molar-refractivity contribution in [2.75, 3.05) is 0 Å². The van der Waals surface area contributed by atoms with Gasteiger partial charge in [-0.3, -0.25) is 0 Å². The van der Waals surface area contributed by atoms with Gasteiger partial charge in [-0.25, -0.2) is 13.1 Å². The van der Waals surface area contributed by atoms with Gasteiger partial charge in [0.1, 0.15) is 0 Å². The van der Waals surface area contributed by atoms with Crippen molar-refractivity contribution in [3.05, 3.63) is 29.3 Å². The van der Waals surface area contributed by atoms with E-state index in [0.29, 0.717) is 11.4 Å². The Morgan fingerprint density at radius 2 is 1.95 bits per heavy atom. The molecule has 0 aromatic heterocycles. The van der Waals surface area contributed by atoms with E-state index in [2.05, 4.69) is 4.72 Å². The Balaban J connectivity index is 2.23. The highest BCUT2D eigenvalue weighted by atomic mass is 32.2. The summed E-state index contributed by atoms with van der Waals surface area (Å²) in [5, 5.41) is 0. The molecule has 19 heavy (non-hydrogen) atoms. The molecule has 2 rings (SSSR count). The van der Waals surface area contributed by atoms with E-state index in [-0.39, 0.29) is 6.04 Å². The summed E-state index contributed by atoms with van der Waals surface area (Å²) in [6.45, 7) is 2.17. The van der Waals surface area contributed by atoms with Gasteiger partial charge in [0.15, 0.2) is 0 Å². The summed E-state index contributed by atoms with van der Waals surface area (Å²) in [6.07, 6.45) is 5.30. The van der Waals surface area contributed by atoms with Crippen molar-refractivity contribution in [3.63, 3.8) is 0 Å². The van der Waals surface area contributed by atoms with E-state index in [1.54, 1.807) is 6.07 Å². The summed E-state index contributed by atoms with van der Waals surface area (Å²) >= 11 is 0. The normalized spacial score (nSPS) is 17.6. The molecule has 1 saturated carbocycles. The molecule has 0 spiro atoms. The Labute approximate surface area is 115 Å². The molecule has 4 nitrogen and oxygen atoms in total. The highest BCUT2D eigenvalue weighted by Gasteiger charge is 2.23. The number of hydrogen-bond donors (Lipinski definition) is 2. The van der Waals surface area contributed by atoms with Crippen molar-refractivity contribution in [2.45, 2.75) is 56.5 Å². The van der Waals surface area contributed by atoms with Crippen LogP contribution < -0.4 is 10.5 Å². The van der Waals surface area contributed by atoms with Gasteiger partial charge in [0.2, 0.25) is 10.0 Å². The standard InChI is InChI=1S/C14H22N2O2S/c1-11-7-8-12(10-15)9-14(11)19(17,18)16-13-5-3-2-4-6-13/h7-9,13,16H,2-6,10,15H2,1H3. The van der Waals surface area contributed by atoms with Gasteiger partial charge >= 0.3 is 0 Å². The van der Waals surface area contributed by atoms with E-state index in [1.165, 1.54) is 6.42 Å². The molecule has 0 unspecified atom stereocenters. The van der Waals surface area contributed by atoms with E-state index in [4.69, 9.17) is 5.73 Å². The van der Waals surface area contributed by atoms with Crippen LogP contribution in [0.4, 0.5) is 0 Å². The van der Waals surface area contributed by atoms with Crippen LogP contribution in [0.2, 0.25) is 0 Å². The molecule has 0 amide bonds. The first kappa shape index (κ1) is 14.5. The molecule has 0 atom stereocenters. The van der Waals surface area contributed by atoms with Crippen molar-refractivity contribution in [2.24, 2.45) is 5.73 Å². The maximum Gasteiger partial charge on any atom is 0.241 e. The molecule has 5 heteroatoms. The molecule has 0 aliphatic heterocycles. The second kappa shape index (κ2) is 6.03. The second-order valence-electron chi connectivity index (χ2n) is 5.26. The molecule has 0 radical (unpaired) electrons. The number of nitrogens with one attached hydrogen (secondary N) is 1. The van der Waals surface area contributed by atoms with E-state index in [1.807, 2.05) is 19.1 Å². The zero-order valence-electron chi connectivity index (χ0n) is 11.4. The van der Waals surface area contributed by atoms with Gasteiger partial charge in [0, 0.05) is 12.6 Å². The van der Waals surface area contributed by atoms with E-state index in [9.17, 15) is 8.42 Å². The second-order valence-corrected chi connectivity index (χ2v) is 6.94. The third kappa shape index (κ3) is 3.55. The van der Waals surface area contributed by atoms with Gasteiger partial charge in [-0.1, -0.05) is 31.4 Å². The number of hydrogen-bond acceptors (Lipinski definition) is 3. The Morgan fingerprint density at radius 3 is 2.58 bits per heavy atom. The van der Waals surface area contributed by atoms with E-state index < -0.39 is 10.0 Å². The fourth-order valence-corrected chi connectivity index (χ4v) is 4.16. The molecule has 3 N–H and O–H groups in total. The average Bonchev–Trinajstić information content (AvgIpc) is 2.39. The summed E-state index contributed by atoms with van der Waals surface area (Å²) < 4.78 is 27.7. The van der Waals surface area contributed by atoms with Crippen molar-refractivity contribution >= 4 is 10.0 Å². The topological polar surface area (TPSA) is 72.2 Å². The number of benzene rings is 1. The van der Waals surface area contributed by atoms with Crippen LogP contribution >= 0.6 is 0 Å². The first-order valence-corrected chi connectivity index (χ1v) is 8.33. The Hall–Kier alpha value is -0.910. The van der Waals surface area contributed by atoms with Crippen LogP contribution in [0, 0.1) is 6.92 Å². The predicted octanol–water partition coefficient (Wildman–Crippen LogP) is 2.06. The molecule has 1 aromatic carbocycles. The molecule has 1 aliphatic rings. The highest BCUT2D eigenvalue weighted by molar-refractivity contribution is 7.89. The van der Waals surface area contributed by atoms with Gasteiger partial charge in [0.05, 0.1) is 4.90 Å². The summed E-state index contributed by atoms with van der Waals surface area (Å²) in [5.41, 5.74) is 7.19. The van der Waals surface area contributed by atoms with E-state index in [0.717, 1.165) is 36.8 Å². The smallest absolute Gasteiger partial charge is 0.241 e. The monoisotopic (exact) mass is 282 g/mol. The summed E-state index contributed by atoms with van der Waals surface area (Å²) in [4.78, 5) is 0.362. The molecular formula is C14H22N2O2S. The van der Waals surface area contributed by atoms with Crippen molar-refractivity contribution < 1.29 is 8.42 Å². The lowest BCUT2D eigenvalue weighted by Crippen LogP contribution is -2.36. The summed E-state index contributed by atoms with van der Waals surface area (Å²) in [6, 6.07) is 5.45. The third-order valence-electron chi connectivity index (χ3n) is 3.70. The minimum Gasteiger partial charge on any atom is -0.326 e. The van der Waals surface area contributed by atoms with Crippen molar-refractivity contribution in [1.82, 2.24) is 4.72 Å². The predicted molar refractivity (Wildman–Crippen MR) is 76.3 cm³/mol. The van der Waals surface area contributed by atoms with E-state index >= 15 is 0 Å². The maximum atomic E-state index is 12.4. The van der Waals surface area contributed by atoms with Crippen molar-refractivity contribution in [1.29, 1.82) is 0 Å². The number of nitrogens with two attached hydrogens (primary N) is 1. The van der Waals surface area contributed by atoms with Crippen LogP contribution in [0.5, 0.6) is 0 Å². The first-order valence-electron chi connectivity index (χ1n) is 6.85. The molecule has 1 aliphatic carbocycles. The average molecular weight is 282 g/mol. The van der Waals surface area contributed by atoms with Crippen LogP contribution in [0.1, 0.15) is 43.2 Å². The minimum atomic E-state index is -3.43. The zero-order chi connectivity index (χ0) is 13.9. The fraction of sp³-hybridized carbons (Fsp3) is 0.571. The molecule has 0 saturated heterocycles. The lowest BCUT2D eigenvalue weighted by Gasteiger charge is -2.23. The van der Waals surface area contributed by atoms with Gasteiger partial charge < -0.3 is 5.73 Å². The Kier molecular flexibility index (Phi) is 4.60. The maximum absolute atomic E-state index is 12.4. The third-order valence-corrected chi connectivity index (χ3v) is 5.37. The fourth-order valence-electron chi connectivity index (χ4n) is 2.56. The van der Waals surface area contributed by atoms with Gasteiger partial charge in [-0.05, 0) is 37.0 Å².